The second-order valence-electron chi connectivity index (χ2n) is 5.33. The van der Waals surface area contributed by atoms with Crippen LogP contribution < -0.4 is 5.32 Å². The molecule has 1 rings (SSSR count). The van der Waals surface area contributed by atoms with Crippen LogP contribution in [0.1, 0.15) is 33.3 Å². The van der Waals surface area contributed by atoms with Gasteiger partial charge in [0.25, 0.3) is 0 Å². The lowest BCUT2D eigenvalue weighted by atomic mass is 9.94. The fourth-order valence-electron chi connectivity index (χ4n) is 1.63. The van der Waals surface area contributed by atoms with E-state index in [9.17, 15) is 9.18 Å². The predicted molar refractivity (Wildman–Crippen MR) is 67.2 cm³/mol. The summed E-state index contributed by atoms with van der Waals surface area (Å²) in [6.07, 6.45) is 0.686. The standard InChI is InChI=1S/C14H20FNO/c1-10(2)13(17)16-14(3,4)9-11-5-7-12(15)8-6-11/h5-8,10H,9H2,1-4H3,(H,16,17). The quantitative estimate of drug-likeness (QED) is 0.857. The van der Waals surface area contributed by atoms with Gasteiger partial charge in [-0.25, -0.2) is 4.39 Å². The summed E-state index contributed by atoms with van der Waals surface area (Å²) in [6.45, 7) is 7.67. The minimum atomic E-state index is -0.320. The van der Waals surface area contributed by atoms with Gasteiger partial charge in [-0.1, -0.05) is 26.0 Å². The Bertz CT molecular complexity index is 382. The van der Waals surface area contributed by atoms with E-state index in [0.717, 1.165) is 5.56 Å². The van der Waals surface area contributed by atoms with E-state index in [1.807, 2.05) is 27.7 Å². The number of hydrogen-bond donors (Lipinski definition) is 1. The fourth-order valence-corrected chi connectivity index (χ4v) is 1.63. The van der Waals surface area contributed by atoms with Crippen molar-refractivity contribution in [2.75, 3.05) is 0 Å². The van der Waals surface area contributed by atoms with Gasteiger partial charge in [-0.3, -0.25) is 4.79 Å². The van der Waals surface area contributed by atoms with Crippen LogP contribution >= 0.6 is 0 Å². The molecule has 0 unspecified atom stereocenters. The van der Waals surface area contributed by atoms with Crippen molar-refractivity contribution in [1.82, 2.24) is 5.32 Å². The number of benzene rings is 1. The first-order valence-electron chi connectivity index (χ1n) is 5.86. The Morgan fingerprint density at radius 3 is 2.29 bits per heavy atom. The molecule has 1 amide bonds. The summed E-state index contributed by atoms with van der Waals surface area (Å²) in [6, 6.07) is 6.38. The summed E-state index contributed by atoms with van der Waals surface area (Å²) in [5, 5.41) is 2.99. The van der Waals surface area contributed by atoms with Crippen molar-refractivity contribution in [3.63, 3.8) is 0 Å². The minimum Gasteiger partial charge on any atom is -0.351 e. The van der Waals surface area contributed by atoms with E-state index in [1.54, 1.807) is 12.1 Å². The number of rotatable bonds is 4. The maximum absolute atomic E-state index is 12.8. The summed E-state index contributed by atoms with van der Waals surface area (Å²) >= 11 is 0. The van der Waals surface area contributed by atoms with Gasteiger partial charge in [-0.05, 0) is 38.0 Å². The molecule has 1 N–H and O–H groups in total. The maximum Gasteiger partial charge on any atom is 0.222 e. The normalized spacial score (nSPS) is 11.6. The lowest BCUT2D eigenvalue weighted by Gasteiger charge is -2.27. The third kappa shape index (κ3) is 4.55. The zero-order valence-corrected chi connectivity index (χ0v) is 10.9. The van der Waals surface area contributed by atoms with Gasteiger partial charge in [-0.15, -0.1) is 0 Å². The van der Waals surface area contributed by atoms with Gasteiger partial charge < -0.3 is 5.32 Å². The number of halogens is 1. The SMILES string of the molecule is CC(C)C(=O)NC(C)(C)Cc1ccc(F)cc1. The Balaban J connectivity index is 2.66. The highest BCUT2D eigenvalue weighted by molar-refractivity contribution is 5.78. The van der Waals surface area contributed by atoms with E-state index in [4.69, 9.17) is 0 Å². The largest absolute Gasteiger partial charge is 0.351 e. The van der Waals surface area contributed by atoms with E-state index in [0.29, 0.717) is 6.42 Å². The molecule has 0 fully saturated rings. The van der Waals surface area contributed by atoms with Crippen LogP contribution in [0.5, 0.6) is 0 Å². The monoisotopic (exact) mass is 237 g/mol. The van der Waals surface area contributed by atoms with Gasteiger partial charge in [0, 0.05) is 11.5 Å². The highest BCUT2D eigenvalue weighted by Crippen LogP contribution is 2.14. The molecule has 0 saturated carbocycles. The number of carbonyl (C=O) groups excluding carboxylic acids is 1. The number of amides is 1. The van der Waals surface area contributed by atoms with Crippen LogP contribution in [0.15, 0.2) is 24.3 Å². The van der Waals surface area contributed by atoms with E-state index >= 15 is 0 Å². The highest BCUT2D eigenvalue weighted by atomic mass is 19.1. The summed E-state index contributed by atoms with van der Waals surface area (Å²) in [7, 11) is 0. The van der Waals surface area contributed by atoms with Crippen molar-refractivity contribution in [3.05, 3.63) is 35.6 Å². The highest BCUT2D eigenvalue weighted by Gasteiger charge is 2.22. The molecule has 0 radical (unpaired) electrons. The molecule has 3 heteroatoms. The third-order valence-corrected chi connectivity index (χ3v) is 2.55. The topological polar surface area (TPSA) is 29.1 Å². The summed E-state index contributed by atoms with van der Waals surface area (Å²) in [5.74, 6) is -0.225. The van der Waals surface area contributed by atoms with Crippen molar-refractivity contribution in [2.45, 2.75) is 39.7 Å². The van der Waals surface area contributed by atoms with E-state index in [1.165, 1.54) is 12.1 Å². The molecule has 17 heavy (non-hydrogen) atoms. The van der Waals surface area contributed by atoms with Crippen LogP contribution in [-0.4, -0.2) is 11.4 Å². The molecule has 94 valence electrons. The zero-order chi connectivity index (χ0) is 13.1. The fraction of sp³-hybridized carbons (Fsp3) is 0.500. The van der Waals surface area contributed by atoms with Crippen LogP contribution in [0.25, 0.3) is 0 Å². The number of nitrogens with one attached hydrogen (secondary N) is 1. The Kier molecular flexibility index (Phi) is 4.27. The Labute approximate surface area is 102 Å². The van der Waals surface area contributed by atoms with Gasteiger partial charge in [0.2, 0.25) is 5.91 Å². The van der Waals surface area contributed by atoms with E-state index in [-0.39, 0.29) is 23.2 Å². The average Bonchev–Trinajstić information content (AvgIpc) is 2.20. The molecule has 0 spiro atoms. The van der Waals surface area contributed by atoms with Crippen molar-refractivity contribution >= 4 is 5.91 Å². The van der Waals surface area contributed by atoms with Crippen molar-refractivity contribution < 1.29 is 9.18 Å². The van der Waals surface area contributed by atoms with Crippen LogP contribution in [0.2, 0.25) is 0 Å². The molecule has 0 aromatic heterocycles. The van der Waals surface area contributed by atoms with Crippen molar-refractivity contribution in [2.24, 2.45) is 5.92 Å². The molecule has 0 heterocycles. The van der Waals surface area contributed by atoms with Gasteiger partial charge in [0.15, 0.2) is 0 Å². The average molecular weight is 237 g/mol. The van der Waals surface area contributed by atoms with Crippen LogP contribution in [0.4, 0.5) is 4.39 Å². The van der Waals surface area contributed by atoms with Crippen LogP contribution in [-0.2, 0) is 11.2 Å². The van der Waals surface area contributed by atoms with Crippen molar-refractivity contribution in [3.8, 4) is 0 Å². The van der Waals surface area contributed by atoms with Crippen molar-refractivity contribution in [1.29, 1.82) is 0 Å². The molecule has 1 aromatic carbocycles. The lowest BCUT2D eigenvalue weighted by Crippen LogP contribution is -2.46. The van der Waals surface area contributed by atoms with Gasteiger partial charge in [-0.2, -0.15) is 0 Å². The molecule has 0 aliphatic heterocycles. The smallest absolute Gasteiger partial charge is 0.222 e. The molecule has 2 nitrogen and oxygen atoms in total. The zero-order valence-electron chi connectivity index (χ0n) is 10.9. The van der Waals surface area contributed by atoms with Crippen LogP contribution in [0, 0.1) is 11.7 Å². The summed E-state index contributed by atoms with van der Waals surface area (Å²) < 4.78 is 12.8. The van der Waals surface area contributed by atoms with Gasteiger partial charge in [0.05, 0.1) is 0 Å². The summed E-state index contributed by atoms with van der Waals surface area (Å²) in [5.41, 5.74) is 0.694. The van der Waals surface area contributed by atoms with Crippen LogP contribution in [0.3, 0.4) is 0 Å². The first kappa shape index (κ1) is 13.7. The molecule has 0 aliphatic rings. The molecule has 0 saturated heterocycles. The molecular weight excluding hydrogens is 217 g/mol. The second-order valence-corrected chi connectivity index (χ2v) is 5.33. The van der Waals surface area contributed by atoms with Gasteiger partial charge >= 0.3 is 0 Å². The Hall–Kier alpha value is -1.38. The van der Waals surface area contributed by atoms with Gasteiger partial charge in [0.1, 0.15) is 5.82 Å². The number of hydrogen-bond acceptors (Lipinski definition) is 1. The Morgan fingerprint density at radius 2 is 1.82 bits per heavy atom. The molecule has 0 atom stereocenters. The second kappa shape index (κ2) is 5.30. The molecule has 1 aromatic rings. The first-order valence-corrected chi connectivity index (χ1v) is 5.86. The number of carbonyl (C=O) groups is 1. The molecule has 0 aliphatic carbocycles. The first-order chi connectivity index (χ1) is 7.80. The predicted octanol–water partition coefficient (Wildman–Crippen LogP) is 2.92. The van der Waals surface area contributed by atoms with E-state index < -0.39 is 0 Å². The Morgan fingerprint density at radius 1 is 1.29 bits per heavy atom. The summed E-state index contributed by atoms with van der Waals surface area (Å²) in [4.78, 5) is 11.6. The molecule has 0 bridgehead atoms. The maximum atomic E-state index is 12.8. The van der Waals surface area contributed by atoms with E-state index in [2.05, 4.69) is 5.32 Å². The lowest BCUT2D eigenvalue weighted by molar-refractivity contribution is -0.125. The minimum absolute atomic E-state index is 0.0255. The third-order valence-electron chi connectivity index (χ3n) is 2.55. The molecular formula is C14H20FNO.